The molecule has 1 aliphatic carbocycles. The van der Waals surface area contributed by atoms with E-state index < -0.39 is 46.0 Å². The molecule has 0 spiro atoms. The van der Waals surface area contributed by atoms with Gasteiger partial charge in [-0.1, -0.05) is 12.1 Å². The van der Waals surface area contributed by atoms with Crippen LogP contribution in [0.4, 0.5) is 9.18 Å². The van der Waals surface area contributed by atoms with Crippen molar-refractivity contribution >= 4 is 12.0 Å². The van der Waals surface area contributed by atoms with Crippen molar-refractivity contribution in [3.05, 3.63) is 57.5 Å². The van der Waals surface area contributed by atoms with Gasteiger partial charge in [0.15, 0.2) is 5.69 Å². The summed E-state index contributed by atoms with van der Waals surface area (Å²) in [4.78, 5) is 45.2. The van der Waals surface area contributed by atoms with E-state index in [-0.39, 0.29) is 18.3 Å². The van der Waals surface area contributed by atoms with Gasteiger partial charge in [-0.25, -0.2) is 14.2 Å². The van der Waals surface area contributed by atoms with Crippen LogP contribution in [0.2, 0.25) is 0 Å². The zero-order valence-corrected chi connectivity index (χ0v) is 20.4. The van der Waals surface area contributed by atoms with Gasteiger partial charge >= 0.3 is 6.09 Å². The van der Waals surface area contributed by atoms with Crippen LogP contribution in [0, 0.1) is 11.7 Å². The largest absolute Gasteiger partial charge is 0.501 e. The highest BCUT2D eigenvalue weighted by atomic mass is 19.1. The Hall–Kier alpha value is -3.43. The maximum absolute atomic E-state index is 13.2. The molecule has 1 aromatic carbocycles. The van der Waals surface area contributed by atoms with E-state index in [1.54, 1.807) is 27.8 Å². The molecule has 0 radical (unpaired) electrons. The smallest absolute Gasteiger partial charge is 0.410 e. The molecule has 10 heteroatoms. The van der Waals surface area contributed by atoms with Crippen molar-refractivity contribution in [2.24, 2.45) is 5.92 Å². The average Bonchev–Trinajstić information content (AvgIpc) is 3.06. The zero-order valence-electron chi connectivity index (χ0n) is 20.4. The molecule has 0 unspecified atom stereocenters. The molecule has 0 saturated heterocycles. The van der Waals surface area contributed by atoms with Gasteiger partial charge < -0.3 is 15.2 Å². The Balaban J connectivity index is 1.72. The van der Waals surface area contributed by atoms with Gasteiger partial charge in [0, 0.05) is 20.1 Å². The molecule has 1 aromatic heterocycles. The Morgan fingerprint density at radius 2 is 1.89 bits per heavy atom. The number of benzene rings is 1. The number of nitrogens with zero attached hydrogens (tertiary/aromatic N) is 3. The third-order valence-electron chi connectivity index (χ3n) is 6.83. The molecule has 2 bridgehead atoms. The average molecular weight is 487 g/mol. The number of ether oxygens (including phenoxy) is 1. The number of rotatable bonds is 4. The molecular weight excluding hydrogens is 455 g/mol. The molecule has 5 rings (SSSR count). The third-order valence-corrected chi connectivity index (χ3v) is 6.83. The minimum Gasteiger partial charge on any atom is -0.501 e. The molecule has 1 saturated carbocycles. The number of aromatic nitrogens is 2. The standard InChI is InChI=1S/C25H31FN4O5/c1-24(2,3)35-23(34)29(4)25-11-9-16(10-12-25)14-30-21(33)19(31)18(28-22(25)30)20(32)27-13-15-5-7-17(26)8-6-15/h5-8,16,31H,9-14H2,1-4H3,(H,27,32). The highest BCUT2D eigenvalue weighted by Gasteiger charge is 2.50. The first kappa shape index (κ1) is 24.7. The van der Waals surface area contributed by atoms with Crippen LogP contribution in [0.5, 0.6) is 5.75 Å². The van der Waals surface area contributed by atoms with E-state index in [0.717, 1.165) is 12.8 Å². The van der Waals surface area contributed by atoms with E-state index in [9.17, 15) is 23.9 Å². The van der Waals surface area contributed by atoms with Crippen molar-refractivity contribution in [3.8, 4) is 5.75 Å². The number of fused-ring (bicyclic) bond motifs is 2. The zero-order chi connectivity index (χ0) is 25.5. The summed E-state index contributed by atoms with van der Waals surface area (Å²) in [5.74, 6) is -1.38. The number of nitrogens with one attached hydrogen (secondary N) is 1. The van der Waals surface area contributed by atoms with E-state index in [2.05, 4.69) is 10.3 Å². The SMILES string of the molecule is CN(C(=O)OC(C)(C)C)C12CCC(CC1)Cn1c2nc(C(=O)NCc2ccc(F)cc2)c(O)c1=O. The monoisotopic (exact) mass is 486 g/mol. The second-order valence-corrected chi connectivity index (χ2v) is 10.4. The number of hydrogen-bond acceptors (Lipinski definition) is 6. The van der Waals surface area contributed by atoms with Crippen LogP contribution in [0.25, 0.3) is 0 Å². The predicted molar refractivity (Wildman–Crippen MR) is 125 cm³/mol. The van der Waals surface area contributed by atoms with Crippen LogP contribution >= 0.6 is 0 Å². The van der Waals surface area contributed by atoms with Crippen LogP contribution in [0.1, 0.15) is 68.3 Å². The number of carbonyl (C=O) groups is 2. The lowest BCUT2D eigenvalue weighted by molar-refractivity contribution is -0.00930. The molecule has 9 nitrogen and oxygen atoms in total. The second kappa shape index (κ2) is 8.98. The Labute approximate surface area is 202 Å². The molecule has 1 fully saturated rings. The van der Waals surface area contributed by atoms with Crippen LogP contribution in [0.15, 0.2) is 29.1 Å². The Kier molecular flexibility index (Phi) is 6.33. The lowest BCUT2D eigenvalue weighted by Gasteiger charge is -2.43. The van der Waals surface area contributed by atoms with E-state index >= 15 is 0 Å². The molecular formula is C25H31FN4O5. The van der Waals surface area contributed by atoms with Crippen molar-refractivity contribution in [2.75, 3.05) is 7.05 Å². The van der Waals surface area contributed by atoms with Crippen LogP contribution in [-0.2, 0) is 23.4 Å². The highest BCUT2D eigenvalue weighted by Crippen LogP contribution is 2.46. The summed E-state index contributed by atoms with van der Waals surface area (Å²) in [6, 6.07) is 5.61. The fraction of sp³-hybridized carbons (Fsp3) is 0.520. The van der Waals surface area contributed by atoms with Crippen molar-refractivity contribution in [2.45, 2.75) is 70.7 Å². The number of amides is 2. The number of hydrogen-bond donors (Lipinski definition) is 2. The second-order valence-electron chi connectivity index (χ2n) is 10.4. The van der Waals surface area contributed by atoms with Crippen molar-refractivity contribution in [3.63, 3.8) is 0 Å². The van der Waals surface area contributed by atoms with E-state index in [4.69, 9.17) is 4.74 Å². The van der Waals surface area contributed by atoms with Gasteiger partial charge in [0.2, 0.25) is 5.75 Å². The van der Waals surface area contributed by atoms with Gasteiger partial charge in [0.25, 0.3) is 11.5 Å². The third kappa shape index (κ3) is 4.74. The molecule has 35 heavy (non-hydrogen) atoms. The number of carbonyl (C=O) groups excluding carboxylic acids is 2. The molecule has 3 aliphatic rings. The van der Waals surface area contributed by atoms with E-state index in [0.29, 0.717) is 24.9 Å². The summed E-state index contributed by atoms with van der Waals surface area (Å²) in [6.45, 7) is 5.75. The summed E-state index contributed by atoms with van der Waals surface area (Å²) < 4.78 is 20.2. The molecule has 2 aromatic rings. The number of halogens is 1. The summed E-state index contributed by atoms with van der Waals surface area (Å²) in [7, 11) is 1.62. The van der Waals surface area contributed by atoms with E-state index in [1.165, 1.54) is 33.7 Å². The minimum absolute atomic E-state index is 0.0592. The van der Waals surface area contributed by atoms with Crippen molar-refractivity contribution < 1.29 is 23.8 Å². The molecule has 2 amide bonds. The maximum atomic E-state index is 13.2. The van der Waals surface area contributed by atoms with Gasteiger partial charge in [-0.05, 0) is 70.1 Å². The molecule has 188 valence electrons. The fourth-order valence-corrected chi connectivity index (χ4v) is 4.91. The minimum atomic E-state index is -0.950. The van der Waals surface area contributed by atoms with Crippen molar-refractivity contribution in [1.82, 2.24) is 19.8 Å². The molecule has 3 heterocycles. The number of aromatic hydroxyl groups is 1. The molecule has 2 N–H and O–H groups in total. The summed E-state index contributed by atoms with van der Waals surface area (Å²) in [6.07, 6.45) is 2.10. The molecule has 2 aliphatic heterocycles. The fourth-order valence-electron chi connectivity index (χ4n) is 4.91. The summed E-state index contributed by atoms with van der Waals surface area (Å²) in [5, 5.41) is 13.2. The predicted octanol–water partition coefficient (Wildman–Crippen LogP) is 3.28. The maximum Gasteiger partial charge on any atom is 0.410 e. The van der Waals surface area contributed by atoms with Crippen LogP contribution in [-0.4, -0.2) is 44.2 Å². The Bertz CT molecular complexity index is 1190. The topological polar surface area (TPSA) is 114 Å². The van der Waals surface area contributed by atoms with Gasteiger partial charge in [-0.15, -0.1) is 0 Å². The quantitative estimate of drug-likeness (QED) is 0.686. The molecule has 0 atom stereocenters. The summed E-state index contributed by atoms with van der Waals surface area (Å²) >= 11 is 0. The normalized spacial score (nSPS) is 21.1. The van der Waals surface area contributed by atoms with Crippen LogP contribution < -0.4 is 10.9 Å². The lowest BCUT2D eigenvalue weighted by Crippen LogP contribution is -2.52. The van der Waals surface area contributed by atoms with E-state index in [1.807, 2.05) is 0 Å². The first-order valence-corrected chi connectivity index (χ1v) is 11.7. The Morgan fingerprint density at radius 3 is 2.49 bits per heavy atom. The summed E-state index contributed by atoms with van der Waals surface area (Å²) in [5.41, 5.74) is -2.13. The Morgan fingerprint density at radius 1 is 1.26 bits per heavy atom. The highest BCUT2D eigenvalue weighted by molar-refractivity contribution is 5.94. The first-order valence-electron chi connectivity index (χ1n) is 11.7. The first-order chi connectivity index (χ1) is 16.4. The van der Waals surface area contributed by atoms with Gasteiger partial charge in [-0.2, -0.15) is 0 Å². The van der Waals surface area contributed by atoms with Gasteiger partial charge in [0.05, 0.1) is 0 Å². The van der Waals surface area contributed by atoms with Crippen molar-refractivity contribution in [1.29, 1.82) is 0 Å². The van der Waals surface area contributed by atoms with Gasteiger partial charge in [-0.3, -0.25) is 19.1 Å². The lowest BCUT2D eigenvalue weighted by atomic mass is 9.76. The van der Waals surface area contributed by atoms with Crippen LogP contribution in [0.3, 0.4) is 0 Å². The van der Waals surface area contributed by atoms with Gasteiger partial charge in [0.1, 0.15) is 22.8 Å².